The van der Waals surface area contributed by atoms with Crippen molar-refractivity contribution in [2.45, 2.75) is 32.7 Å². The number of nitrogens with one attached hydrogen (secondary N) is 3. The zero-order chi connectivity index (χ0) is 16.6. The summed E-state index contributed by atoms with van der Waals surface area (Å²) in [6.07, 6.45) is 0.826. The van der Waals surface area contributed by atoms with Crippen LogP contribution in [0.5, 0.6) is 0 Å². The predicted molar refractivity (Wildman–Crippen MR) is 95.3 cm³/mol. The summed E-state index contributed by atoms with van der Waals surface area (Å²) in [6, 6.07) is 7.32. The smallest absolute Gasteiger partial charge is 0.251 e. The summed E-state index contributed by atoms with van der Waals surface area (Å²) in [6.45, 7) is 7.61. The minimum atomic E-state index is -0.0512. The van der Waals surface area contributed by atoms with Crippen LogP contribution in [-0.4, -0.2) is 37.5 Å². The number of hydrogen-bond donors (Lipinski definition) is 3. The second kappa shape index (κ2) is 8.78. The molecule has 1 amide bonds. The van der Waals surface area contributed by atoms with Gasteiger partial charge in [0.1, 0.15) is 0 Å². The fourth-order valence-corrected chi connectivity index (χ4v) is 2.00. The van der Waals surface area contributed by atoms with Gasteiger partial charge in [-0.2, -0.15) is 0 Å². The number of rotatable bonds is 5. The van der Waals surface area contributed by atoms with Crippen molar-refractivity contribution in [3.05, 3.63) is 34.3 Å². The molecular weight excluding hydrogens is 344 g/mol. The number of carbonyl (C=O) groups excluding carboxylic acids is 1. The Morgan fingerprint density at radius 3 is 2.27 bits per heavy atom. The molecule has 0 spiro atoms. The first-order valence-electron chi connectivity index (χ1n) is 7.34. The molecule has 0 aliphatic rings. The molecule has 0 radical (unpaired) electrons. The van der Waals surface area contributed by atoms with Crippen molar-refractivity contribution >= 4 is 27.8 Å². The van der Waals surface area contributed by atoms with Crippen LogP contribution in [0.2, 0.25) is 0 Å². The van der Waals surface area contributed by atoms with E-state index in [-0.39, 0.29) is 11.4 Å². The molecule has 0 saturated carbocycles. The molecule has 22 heavy (non-hydrogen) atoms. The van der Waals surface area contributed by atoms with E-state index in [9.17, 15) is 4.79 Å². The van der Waals surface area contributed by atoms with E-state index in [1.165, 1.54) is 0 Å². The third-order valence-corrected chi connectivity index (χ3v) is 3.28. The molecule has 0 fully saturated rings. The van der Waals surface area contributed by atoms with E-state index in [0.717, 1.165) is 23.4 Å². The molecule has 0 bridgehead atoms. The third-order valence-electron chi connectivity index (χ3n) is 2.75. The number of guanidine groups is 1. The van der Waals surface area contributed by atoms with E-state index in [0.29, 0.717) is 12.1 Å². The van der Waals surface area contributed by atoms with Gasteiger partial charge in [0.2, 0.25) is 0 Å². The Balaban J connectivity index is 2.25. The first-order chi connectivity index (χ1) is 10.3. The van der Waals surface area contributed by atoms with Gasteiger partial charge >= 0.3 is 0 Å². The van der Waals surface area contributed by atoms with Gasteiger partial charge in [0.05, 0.1) is 0 Å². The van der Waals surface area contributed by atoms with Crippen LogP contribution < -0.4 is 16.0 Å². The highest BCUT2D eigenvalue weighted by molar-refractivity contribution is 9.10. The zero-order valence-corrected chi connectivity index (χ0v) is 15.3. The Labute approximate surface area is 141 Å². The SMILES string of the molecule is CN=C(NCCCNC(=O)c1ccc(Br)cc1)NC(C)(C)C. The highest BCUT2D eigenvalue weighted by Crippen LogP contribution is 2.10. The fraction of sp³-hybridized carbons (Fsp3) is 0.500. The summed E-state index contributed by atoms with van der Waals surface area (Å²) >= 11 is 3.35. The lowest BCUT2D eigenvalue weighted by Crippen LogP contribution is -2.48. The van der Waals surface area contributed by atoms with Crippen LogP contribution in [0, 0.1) is 0 Å². The van der Waals surface area contributed by atoms with Crippen LogP contribution in [0.1, 0.15) is 37.6 Å². The van der Waals surface area contributed by atoms with Crippen LogP contribution in [0.3, 0.4) is 0 Å². The van der Waals surface area contributed by atoms with Crippen molar-refractivity contribution in [1.82, 2.24) is 16.0 Å². The van der Waals surface area contributed by atoms with E-state index in [1.54, 1.807) is 19.2 Å². The van der Waals surface area contributed by atoms with Gasteiger partial charge in [0.15, 0.2) is 5.96 Å². The monoisotopic (exact) mass is 368 g/mol. The molecule has 3 N–H and O–H groups in total. The number of amides is 1. The van der Waals surface area contributed by atoms with Gasteiger partial charge < -0.3 is 16.0 Å². The number of halogens is 1. The second-order valence-corrected chi connectivity index (χ2v) is 6.91. The average Bonchev–Trinajstić information content (AvgIpc) is 2.45. The van der Waals surface area contributed by atoms with Gasteiger partial charge in [-0.15, -0.1) is 0 Å². The van der Waals surface area contributed by atoms with Gasteiger partial charge in [0.25, 0.3) is 5.91 Å². The molecule has 0 aromatic heterocycles. The van der Waals surface area contributed by atoms with Gasteiger partial charge in [-0.05, 0) is 51.5 Å². The predicted octanol–water partition coefficient (Wildman–Crippen LogP) is 2.53. The summed E-state index contributed by atoms with van der Waals surface area (Å²) in [7, 11) is 1.75. The summed E-state index contributed by atoms with van der Waals surface area (Å²) in [4.78, 5) is 16.1. The van der Waals surface area contributed by atoms with Crippen LogP contribution >= 0.6 is 15.9 Å². The molecule has 1 aromatic rings. The first-order valence-corrected chi connectivity index (χ1v) is 8.14. The molecule has 6 heteroatoms. The molecule has 0 aliphatic carbocycles. The summed E-state index contributed by atoms with van der Waals surface area (Å²) in [5, 5.41) is 9.42. The van der Waals surface area contributed by atoms with Gasteiger partial charge in [-0.1, -0.05) is 15.9 Å². The Morgan fingerprint density at radius 1 is 1.14 bits per heavy atom. The molecule has 0 saturated heterocycles. The van der Waals surface area contributed by atoms with Crippen LogP contribution in [0.25, 0.3) is 0 Å². The Morgan fingerprint density at radius 2 is 1.73 bits per heavy atom. The molecule has 0 atom stereocenters. The average molecular weight is 369 g/mol. The summed E-state index contributed by atoms with van der Waals surface area (Å²) in [5.41, 5.74) is 0.638. The number of aliphatic imine (C=N–C) groups is 1. The van der Waals surface area contributed by atoms with Crippen molar-refractivity contribution in [3.63, 3.8) is 0 Å². The van der Waals surface area contributed by atoms with Crippen molar-refractivity contribution in [2.24, 2.45) is 4.99 Å². The van der Waals surface area contributed by atoms with Crippen LogP contribution in [0.4, 0.5) is 0 Å². The number of benzene rings is 1. The Bertz CT molecular complexity index is 506. The Hall–Kier alpha value is -1.56. The highest BCUT2D eigenvalue weighted by Gasteiger charge is 2.11. The van der Waals surface area contributed by atoms with E-state index >= 15 is 0 Å². The maximum atomic E-state index is 11.9. The molecule has 122 valence electrons. The lowest BCUT2D eigenvalue weighted by Gasteiger charge is -2.23. The number of carbonyl (C=O) groups is 1. The van der Waals surface area contributed by atoms with Crippen molar-refractivity contribution in [3.8, 4) is 0 Å². The topological polar surface area (TPSA) is 65.5 Å². The highest BCUT2D eigenvalue weighted by atomic mass is 79.9. The van der Waals surface area contributed by atoms with E-state index in [1.807, 2.05) is 12.1 Å². The van der Waals surface area contributed by atoms with Gasteiger partial charge in [0, 0.05) is 35.7 Å². The van der Waals surface area contributed by atoms with Crippen molar-refractivity contribution < 1.29 is 4.79 Å². The third kappa shape index (κ3) is 7.45. The Kier molecular flexibility index (Phi) is 7.38. The minimum Gasteiger partial charge on any atom is -0.356 e. The van der Waals surface area contributed by atoms with Gasteiger partial charge in [-0.25, -0.2) is 0 Å². The molecule has 5 nitrogen and oxygen atoms in total. The normalized spacial score (nSPS) is 12.0. The molecule has 0 aliphatic heterocycles. The molecule has 1 rings (SSSR count). The maximum Gasteiger partial charge on any atom is 0.251 e. The lowest BCUT2D eigenvalue weighted by molar-refractivity contribution is 0.0953. The largest absolute Gasteiger partial charge is 0.356 e. The van der Waals surface area contributed by atoms with Crippen LogP contribution in [0.15, 0.2) is 33.7 Å². The summed E-state index contributed by atoms with van der Waals surface area (Å²) in [5.74, 6) is 0.719. The fourth-order valence-electron chi connectivity index (χ4n) is 1.73. The van der Waals surface area contributed by atoms with Crippen molar-refractivity contribution in [2.75, 3.05) is 20.1 Å². The van der Waals surface area contributed by atoms with E-state index < -0.39 is 0 Å². The molecule has 1 aromatic carbocycles. The first kappa shape index (κ1) is 18.5. The number of hydrogen-bond acceptors (Lipinski definition) is 2. The minimum absolute atomic E-state index is 0.0301. The second-order valence-electron chi connectivity index (χ2n) is 5.99. The molecular formula is C16H25BrN4O. The maximum absolute atomic E-state index is 11.9. The van der Waals surface area contributed by atoms with Crippen LogP contribution in [-0.2, 0) is 0 Å². The zero-order valence-electron chi connectivity index (χ0n) is 13.7. The standard InChI is InChI=1S/C16H25BrN4O/c1-16(2,3)21-15(18-4)20-11-5-10-19-14(22)12-6-8-13(17)9-7-12/h6-9H,5,10-11H2,1-4H3,(H,19,22)(H2,18,20,21). The summed E-state index contributed by atoms with van der Waals surface area (Å²) < 4.78 is 0.964. The number of nitrogens with zero attached hydrogens (tertiary/aromatic N) is 1. The van der Waals surface area contributed by atoms with E-state index in [4.69, 9.17) is 0 Å². The van der Waals surface area contributed by atoms with E-state index in [2.05, 4.69) is 57.6 Å². The molecule has 0 unspecified atom stereocenters. The lowest BCUT2D eigenvalue weighted by atomic mass is 10.1. The van der Waals surface area contributed by atoms with Crippen molar-refractivity contribution in [1.29, 1.82) is 0 Å². The van der Waals surface area contributed by atoms with Gasteiger partial charge in [-0.3, -0.25) is 9.79 Å². The quantitative estimate of drug-likeness (QED) is 0.425. The molecule has 0 heterocycles.